The van der Waals surface area contributed by atoms with Gasteiger partial charge in [-0.2, -0.15) is 0 Å². The van der Waals surface area contributed by atoms with E-state index in [2.05, 4.69) is 80.3 Å². The maximum absolute atomic E-state index is 8.57. The minimum absolute atomic E-state index is 0.572. The molecule has 0 aliphatic carbocycles. The highest BCUT2D eigenvalue weighted by Gasteiger charge is 2.21. The number of nitrogens with one attached hydrogen (secondary N) is 1. The van der Waals surface area contributed by atoms with E-state index >= 15 is 0 Å². The number of hydrogen-bond acceptors (Lipinski definition) is 3. The number of aryl methyl sites for hydroxylation is 2. The van der Waals surface area contributed by atoms with Gasteiger partial charge in [0.15, 0.2) is 0 Å². The zero-order chi connectivity index (χ0) is 22.5. The van der Waals surface area contributed by atoms with Gasteiger partial charge in [-0.1, -0.05) is 66.7 Å². The first-order valence-corrected chi connectivity index (χ1v) is 11.6. The van der Waals surface area contributed by atoms with Gasteiger partial charge in [0.25, 0.3) is 0 Å². The van der Waals surface area contributed by atoms with E-state index in [4.69, 9.17) is 10.4 Å². The highest BCUT2D eigenvalue weighted by Crippen LogP contribution is 2.25. The van der Waals surface area contributed by atoms with Crippen LogP contribution in [0.3, 0.4) is 0 Å². The molecule has 32 heavy (non-hydrogen) atoms. The van der Waals surface area contributed by atoms with Crippen molar-refractivity contribution in [3.8, 4) is 0 Å². The van der Waals surface area contributed by atoms with Crippen LogP contribution < -0.4 is 0 Å². The third kappa shape index (κ3) is 5.23. The Morgan fingerprint density at radius 3 is 2.16 bits per heavy atom. The van der Waals surface area contributed by atoms with E-state index in [-0.39, 0.29) is 0 Å². The summed E-state index contributed by atoms with van der Waals surface area (Å²) >= 11 is 0. The summed E-state index contributed by atoms with van der Waals surface area (Å²) in [4.78, 5) is 7.47. The average Bonchev–Trinajstić information content (AvgIpc) is 2.81. The highest BCUT2D eigenvalue weighted by molar-refractivity contribution is 6.11. The summed E-state index contributed by atoms with van der Waals surface area (Å²) in [7, 11) is 0. The molecule has 0 amide bonds. The Kier molecular flexibility index (Phi) is 6.96. The zero-order valence-corrected chi connectivity index (χ0v) is 19.4. The smallest absolute Gasteiger partial charge is 0.0687 e. The fraction of sp³-hybridized carbons (Fsp3) is 0.310. The van der Waals surface area contributed by atoms with Crippen LogP contribution in [0, 0.1) is 25.2 Å². The Bertz CT molecular complexity index is 1100. The second-order valence-electron chi connectivity index (χ2n) is 8.98. The molecule has 0 atom stereocenters. The summed E-state index contributed by atoms with van der Waals surface area (Å²) in [5.41, 5.74) is 8.64. The van der Waals surface area contributed by atoms with E-state index in [9.17, 15) is 0 Å². The summed E-state index contributed by atoms with van der Waals surface area (Å²) in [6, 6.07) is 25.0. The lowest BCUT2D eigenvalue weighted by atomic mass is 9.92. The fourth-order valence-corrected chi connectivity index (χ4v) is 4.52. The monoisotopic (exact) mass is 423 g/mol. The molecule has 3 heteroatoms. The van der Waals surface area contributed by atoms with E-state index in [1.807, 2.05) is 18.2 Å². The van der Waals surface area contributed by atoms with Crippen molar-refractivity contribution >= 4 is 17.1 Å². The lowest BCUT2D eigenvalue weighted by Crippen LogP contribution is -2.35. The first-order valence-electron chi connectivity index (χ1n) is 11.6. The lowest BCUT2D eigenvalue weighted by molar-refractivity contribution is 0.201. The van der Waals surface area contributed by atoms with Crippen molar-refractivity contribution in [2.24, 2.45) is 10.9 Å². The molecule has 0 bridgehead atoms. The van der Waals surface area contributed by atoms with Gasteiger partial charge in [-0.25, -0.2) is 0 Å². The molecule has 0 radical (unpaired) electrons. The standard InChI is InChI=1S/C29H33N3/c1-21-8-4-6-10-27(21)29(30)26-14-12-24(13-15-26)20-32-18-16-25(17-19-32)23(3)31-28-11-7-5-9-22(28)2/h4-15,25,30H,16-20H2,1-3H3. The Hall–Kier alpha value is -3.04. The van der Waals surface area contributed by atoms with E-state index in [1.165, 1.54) is 16.8 Å². The molecule has 1 fully saturated rings. The van der Waals surface area contributed by atoms with Crippen molar-refractivity contribution in [3.63, 3.8) is 0 Å². The van der Waals surface area contributed by atoms with E-state index in [0.717, 1.165) is 54.9 Å². The molecule has 3 nitrogen and oxygen atoms in total. The molecular formula is C29H33N3. The van der Waals surface area contributed by atoms with Crippen LogP contribution in [0.5, 0.6) is 0 Å². The third-order valence-electron chi connectivity index (χ3n) is 6.65. The molecule has 1 N–H and O–H groups in total. The molecule has 0 unspecified atom stereocenters. The quantitative estimate of drug-likeness (QED) is 0.439. The average molecular weight is 424 g/mol. The number of piperidine rings is 1. The minimum atomic E-state index is 0.572. The normalized spacial score (nSPS) is 15.7. The summed E-state index contributed by atoms with van der Waals surface area (Å²) in [6.45, 7) is 9.56. The van der Waals surface area contributed by atoms with E-state index < -0.39 is 0 Å². The van der Waals surface area contributed by atoms with Gasteiger partial charge >= 0.3 is 0 Å². The largest absolute Gasteiger partial charge is 0.300 e. The van der Waals surface area contributed by atoms with Gasteiger partial charge in [0.1, 0.15) is 0 Å². The predicted molar refractivity (Wildman–Crippen MR) is 136 cm³/mol. The van der Waals surface area contributed by atoms with Crippen LogP contribution in [0.2, 0.25) is 0 Å². The summed E-state index contributed by atoms with van der Waals surface area (Å²) in [6.07, 6.45) is 2.33. The Balaban J connectivity index is 1.33. The first-order chi connectivity index (χ1) is 15.5. The summed E-state index contributed by atoms with van der Waals surface area (Å²) in [5, 5.41) is 8.57. The van der Waals surface area contributed by atoms with Gasteiger partial charge < -0.3 is 0 Å². The minimum Gasteiger partial charge on any atom is -0.300 e. The molecular weight excluding hydrogens is 390 g/mol. The first kappa shape index (κ1) is 22.2. The van der Waals surface area contributed by atoms with Gasteiger partial charge in [-0.3, -0.25) is 15.3 Å². The number of aliphatic imine (C=N–C) groups is 1. The maximum Gasteiger partial charge on any atom is 0.0687 e. The molecule has 0 saturated carbocycles. The number of para-hydroxylation sites is 1. The number of nitrogens with zero attached hydrogens (tertiary/aromatic N) is 2. The van der Waals surface area contributed by atoms with Crippen LogP contribution in [0.25, 0.3) is 0 Å². The van der Waals surface area contributed by atoms with Crippen molar-refractivity contribution < 1.29 is 0 Å². The topological polar surface area (TPSA) is 39.5 Å². The van der Waals surface area contributed by atoms with E-state index in [1.54, 1.807) is 0 Å². The number of hydrogen-bond donors (Lipinski definition) is 1. The van der Waals surface area contributed by atoms with E-state index in [0.29, 0.717) is 11.6 Å². The summed E-state index contributed by atoms with van der Waals surface area (Å²) < 4.78 is 0. The van der Waals surface area contributed by atoms with Crippen LogP contribution in [-0.2, 0) is 6.54 Å². The lowest BCUT2D eigenvalue weighted by Gasteiger charge is -2.32. The highest BCUT2D eigenvalue weighted by atomic mass is 15.1. The summed E-state index contributed by atoms with van der Waals surface area (Å²) in [5.74, 6) is 0.572. The third-order valence-corrected chi connectivity index (χ3v) is 6.65. The van der Waals surface area contributed by atoms with Gasteiger partial charge in [0.05, 0.1) is 11.4 Å². The number of rotatable bonds is 6. The molecule has 0 aromatic heterocycles. The van der Waals surface area contributed by atoms with Crippen molar-refractivity contribution in [1.29, 1.82) is 5.41 Å². The van der Waals surface area contributed by atoms with Crippen LogP contribution in [0.4, 0.5) is 5.69 Å². The predicted octanol–water partition coefficient (Wildman–Crippen LogP) is 6.72. The van der Waals surface area contributed by atoms with Crippen LogP contribution >= 0.6 is 0 Å². The SMILES string of the molecule is CC(=Nc1ccccc1C)C1CCN(Cc2ccc(C(=N)c3ccccc3C)cc2)CC1. The molecule has 164 valence electrons. The number of likely N-dealkylation sites (tertiary alicyclic amines) is 1. The Morgan fingerprint density at radius 1 is 0.875 bits per heavy atom. The van der Waals surface area contributed by atoms with Crippen LogP contribution in [0.15, 0.2) is 77.8 Å². The van der Waals surface area contributed by atoms with Gasteiger partial charge in [0.2, 0.25) is 0 Å². The van der Waals surface area contributed by atoms with Crippen molar-refractivity contribution in [2.75, 3.05) is 13.1 Å². The van der Waals surface area contributed by atoms with Crippen molar-refractivity contribution in [1.82, 2.24) is 4.90 Å². The Labute approximate surface area is 192 Å². The van der Waals surface area contributed by atoms with Crippen molar-refractivity contribution in [3.05, 3.63) is 101 Å². The van der Waals surface area contributed by atoms with Gasteiger partial charge in [-0.15, -0.1) is 0 Å². The van der Waals surface area contributed by atoms with Crippen LogP contribution in [-0.4, -0.2) is 29.4 Å². The molecule has 1 aliphatic rings. The second kappa shape index (κ2) is 10.1. The molecule has 1 saturated heterocycles. The van der Waals surface area contributed by atoms with Gasteiger partial charge in [-0.05, 0) is 75.4 Å². The molecule has 3 aromatic rings. The van der Waals surface area contributed by atoms with Gasteiger partial charge in [0, 0.05) is 23.4 Å². The molecule has 0 spiro atoms. The van der Waals surface area contributed by atoms with Crippen molar-refractivity contribution in [2.45, 2.75) is 40.2 Å². The molecule has 3 aromatic carbocycles. The number of benzene rings is 3. The zero-order valence-electron chi connectivity index (χ0n) is 19.4. The fourth-order valence-electron chi connectivity index (χ4n) is 4.52. The maximum atomic E-state index is 8.57. The Morgan fingerprint density at radius 2 is 1.50 bits per heavy atom. The molecule has 4 rings (SSSR count). The molecule has 1 heterocycles. The van der Waals surface area contributed by atoms with Crippen LogP contribution in [0.1, 0.15) is 47.6 Å². The second-order valence-corrected chi connectivity index (χ2v) is 8.98. The molecule has 1 aliphatic heterocycles.